The Bertz CT molecular complexity index is 445. The molecule has 2 rings (SSSR count). The van der Waals surface area contributed by atoms with Crippen LogP contribution in [0.15, 0.2) is 12.1 Å². The van der Waals surface area contributed by atoms with Crippen molar-refractivity contribution in [2.24, 2.45) is 11.8 Å². The van der Waals surface area contributed by atoms with Gasteiger partial charge in [0, 0.05) is 5.56 Å². The summed E-state index contributed by atoms with van der Waals surface area (Å²) in [6, 6.07) is 4.17. The molecule has 1 aliphatic carbocycles. The van der Waals surface area contributed by atoms with E-state index in [1.54, 1.807) is 7.11 Å². The predicted molar refractivity (Wildman–Crippen MR) is 83.2 cm³/mol. The standard InChI is InChI=1S/C18H28O2/c1-5-14-6-8-15(9-7-14)18(19)17-13(3)10-12(2)11-16(17)20-4/h10-11,14-15,18-19H,5-9H2,1-4H3. The minimum absolute atomic E-state index is 0.383. The molecule has 0 heterocycles. The number of hydrogen-bond donors (Lipinski definition) is 1. The molecule has 2 heteroatoms. The average molecular weight is 276 g/mol. The maximum absolute atomic E-state index is 10.8. The van der Waals surface area contributed by atoms with Crippen molar-refractivity contribution in [2.75, 3.05) is 7.11 Å². The summed E-state index contributed by atoms with van der Waals surface area (Å²) in [4.78, 5) is 0. The van der Waals surface area contributed by atoms with Gasteiger partial charge in [0.05, 0.1) is 13.2 Å². The smallest absolute Gasteiger partial charge is 0.125 e. The monoisotopic (exact) mass is 276 g/mol. The zero-order chi connectivity index (χ0) is 14.7. The molecule has 1 atom stereocenters. The van der Waals surface area contributed by atoms with E-state index < -0.39 is 0 Å². The third kappa shape index (κ3) is 3.17. The lowest BCUT2D eigenvalue weighted by Crippen LogP contribution is -2.21. The molecule has 1 N–H and O–H groups in total. The lowest BCUT2D eigenvalue weighted by molar-refractivity contribution is 0.0703. The first-order valence-corrected chi connectivity index (χ1v) is 7.90. The molecule has 1 aromatic rings. The van der Waals surface area contributed by atoms with Crippen LogP contribution in [0.4, 0.5) is 0 Å². The van der Waals surface area contributed by atoms with Crippen molar-refractivity contribution >= 4 is 0 Å². The first-order chi connectivity index (χ1) is 9.56. The molecule has 1 aromatic carbocycles. The van der Waals surface area contributed by atoms with E-state index in [4.69, 9.17) is 4.74 Å². The van der Waals surface area contributed by atoms with Crippen LogP contribution in [0.5, 0.6) is 5.75 Å². The highest BCUT2D eigenvalue weighted by Gasteiger charge is 2.29. The number of ether oxygens (including phenoxy) is 1. The molecule has 20 heavy (non-hydrogen) atoms. The zero-order valence-corrected chi connectivity index (χ0v) is 13.3. The van der Waals surface area contributed by atoms with Gasteiger partial charge in [-0.05, 0) is 55.7 Å². The van der Waals surface area contributed by atoms with Crippen LogP contribution in [0.3, 0.4) is 0 Å². The van der Waals surface area contributed by atoms with Gasteiger partial charge in [-0.15, -0.1) is 0 Å². The number of aliphatic hydroxyl groups excluding tert-OH is 1. The number of rotatable bonds is 4. The van der Waals surface area contributed by atoms with Gasteiger partial charge in [-0.1, -0.05) is 32.3 Å². The zero-order valence-electron chi connectivity index (χ0n) is 13.3. The first-order valence-electron chi connectivity index (χ1n) is 7.90. The van der Waals surface area contributed by atoms with E-state index in [0.717, 1.165) is 35.6 Å². The molecule has 0 bridgehead atoms. The van der Waals surface area contributed by atoms with E-state index in [9.17, 15) is 5.11 Å². The van der Waals surface area contributed by atoms with Gasteiger partial charge in [0.25, 0.3) is 0 Å². The molecule has 0 aromatic heterocycles. The van der Waals surface area contributed by atoms with Crippen LogP contribution >= 0.6 is 0 Å². The van der Waals surface area contributed by atoms with Gasteiger partial charge in [-0.25, -0.2) is 0 Å². The number of aryl methyl sites for hydroxylation is 2. The predicted octanol–water partition coefficient (Wildman–Crippen LogP) is 4.56. The summed E-state index contributed by atoms with van der Waals surface area (Å²) in [6.45, 7) is 6.42. The molecule has 0 radical (unpaired) electrons. The molecule has 1 unspecified atom stereocenters. The molecule has 1 fully saturated rings. The summed E-state index contributed by atoms with van der Waals surface area (Å²) in [5.41, 5.74) is 3.33. The summed E-state index contributed by atoms with van der Waals surface area (Å²) in [7, 11) is 1.69. The van der Waals surface area contributed by atoms with Crippen LogP contribution in [-0.2, 0) is 0 Å². The van der Waals surface area contributed by atoms with Crippen LogP contribution in [0.1, 0.15) is 61.8 Å². The topological polar surface area (TPSA) is 29.5 Å². The van der Waals surface area contributed by atoms with E-state index in [-0.39, 0.29) is 6.10 Å². The Kier molecular flexibility index (Phi) is 5.09. The first kappa shape index (κ1) is 15.4. The molecule has 1 aliphatic rings. The summed E-state index contributed by atoms with van der Waals surface area (Å²) in [6.07, 6.45) is 5.67. The lowest BCUT2D eigenvalue weighted by atomic mass is 9.76. The van der Waals surface area contributed by atoms with Crippen LogP contribution in [0.2, 0.25) is 0 Å². The van der Waals surface area contributed by atoms with Crippen LogP contribution in [0.25, 0.3) is 0 Å². The minimum Gasteiger partial charge on any atom is -0.496 e. The third-order valence-electron chi connectivity index (χ3n) is 4.92. The van der Waals surface area contributed by atoms with Crippen molar-refractivity contribution in [3.8, 4) is 5.75 Å². The van der Waals surface area contributed by atoms with Gasteiger partial charge < -0.3 is 9.84 Å². The second-order valence-electron chi connectivity index (χ2n) is 6.33. The van der Waals surface area contributed by atoms with Gasteiger partial charge in [0.1, 0.15) is 5.75 Å². The Morgan fingerprint density at radius 3 is 2.40 bits per heavy atom. The number of aliphatic hydroxyl groups is 1. The summed E-state index contributed by atoms with van der Waals surface area (Å²) in [5, 5.41) is 10.8. The fourth-order valence-corrected chi connectivity index (χ4v) is 3.64. The molecule has 0 spiro atoms. The van der Waals surface area contributed by atoms with Crippen LogP contribution in [0, 0.1) is 25.7 Å². The highest BCUT2D eigenvalue weighted by molar-refractivity contribution is 5.44. The molecule has 2 nitrogen and oxygen atoms in total. The highest BCUT2D eigenvalue weighted by atomic mass is 16.5. The highest BCUT2D eigenvalue weighted by Crippen LogP contribution is 2.41. The molecule has 1 saturated carbocycles. The minimum atomic E-state index is -0.386. The molecule has 0 saturated heterocycles. The Labute approximate surface area is 123 Å². The Balaban J connectivity index is 2.19. The normalized spacial score (nSPS) is 24.4. The summed E-state index contributed by atoms with van der Waals surface area (Å²) in [5.74, 6) is 2.08. The van der Waals surface area contributed by atoms with Crippen LogP contribution < -0.4 is 4.74 Å². The van der Waals surface area contributed by atoms with E-state index >= 15 is 0 Å². The van der Waals surface area contributed by atoms with Crippen molar-refractivity contribution in [3.63, 3.8) is 0 Å². The second-order valence-corrected chi connectivity index (χ2v) is 6.33. The van der Waals surface area contributed by atoms with Crippen molar-refractivity contribution in [3.05, 3.63) is 28.8 Å². The average Bonchev–Trinajstić information content (AvgIpc) is 2.46. The van der Waals surface area contributed by atoms with Crippen molar-refractivity contribution < 1.29 is 9.84 Å². The molecule has 0 aliphatic heterocycles. The van der Waals surface area contributed by atoms with Crippen LogP contribution in [-0.4, -0.2) is 12.2 Å². The third-order valence-corrected chi connectivity index (χ3v) is 4.92. The van der Waals surface area contributed by atoms with Gasteiger partial charge >= 0.3 is 0 Å². The van der Waals surface area contributed by atoms with Gasteiger partial charge in [-0.2, -0.15) is 0 Å². The van der Waals surface area contributed by atoms with Gasteiger partial charge in [-0.3, -0.25) is 0 Å². The quantitative estimate of drug-likeness (QED) is 0.873. The lowest BCUT2D eigenvalue weighted by Gasteiger charge is -2.32. The Morgan fingerprint density at radius 2 is 1.85 bits per heavy atom. The van der Waals surface area contributed by atoms with E-state index in [0.29, 0.717) is 5.92 Å². The fraction of sp³-hybridized carbons (Fsp3) is 0.667. The van der Waals surface area contributed by atoms with Crippen molar-refractivity contribution in [1.29, 1.82) is 0 Å². The Hall–Kier alpha value is -1.02. The largest absolute Gasteiger partial charge is 0.496 e. The Morgan fingerprint density at radius 1 is 1.20 bits per heavy atom. The van der Waals surface area contributed by atoms with Gasteiger partial charge in [0.2, 0.25) is 0 Å². The van der Waals surface area contributed by atoms with E-state index in [1.165, 1.54) is 24.8 Å². The molecular weight excluding hydrogens is 248 g/mol. The number of benzene rings is 1. The summed E-state index contributed by atoms with van der Waals surface area (Å²) < 4.78 is 5.50. The van der Waals surface area contributed by atoms with Gasteiger partial charge in [0.15, 0.2) is 0 Å². The number of hydrogen-bond acceptors (Lipinski definition) is 2. The molecule has 112 valence electrons. The second kappa shape index (κ2) is 6.62. The van der Waals surface area contributed by atoms with E-state index in [1.807, 2.05) is 6.07 Å². The number of methoxy groups -OCH3 is 1. The van der Waals surface area contributed by atoms with E-state index in [2.05, 4.69) is 26.8 Å². The fourth-order valence-electron chi connectivity index (χ4n) is 3.64. The summed E-state index contributed by atoms with van der Waals surface area (Å²) >= 11 is 0. The molecule has 0 amide bonds. The SMILES string of the molecule is CCC1CCC(C(O)c2c(C)cc(C)cc2OC)CC1. The van der Waals surface area contributed by atoms with Crippen molar-refractivity contribution in [1.82, 2.24) is 0 Å². The molecular formula is C18H28O2. The maximum atomic E-state index is 10.8. The van der Waals surface area contributed by atoms with Crippen molar-refractivity contribution in [2.45, 2.75) is 59.0 Å². The maximum Gasteiger partial charge on any atom is 0.125 e.